The fraction of sp³-hybridized carbons (Fsp3) is 0.286. The van der Waals surface area contributed by atoms with E-state index in [2.05, 4.69) is 5.32 Å². The highest BCUT2D eigenvalue weighted by molar-refractivity contribution is 8.00. The van der Waals surface area contributed by atoms with E-state index in [0.29, 0.717) is 11.4 Å². The Balaban J connectivity index is 1.62. The Kier molecular flexibility index (Phi) is 6.04. The number of anilines is 2. The summed E-state index contributed by atoms with van der Waals surface area (Å²) in [5.41, 5.74) is 3.31. The zero-order valence-electron chi connectivity index (χ0n) is 16.0. The van der Waals surface area contributed by atoms with Crippen molar-refractivity contribution in [1.29, 1.82) is 0 Å². The molecule has 6 nitrogen and oxygen atoms in total. The molecule has 1 heterocycles. The molecule has 0 aromatic heterocycles. The average molecular weight is 398 g/mol. The number of hydrogen-bond acceptors (Lipinski definition) is 5. The first kappa shape index (κ1) is 19.9. The normalized spacial score (nSPS) is 14.2. The van der Waals surface area contributed by atoms with Gasteiger partial charge in [-0.1, -0.05) is 24.3 Å². The Bertz CT molecular complexity index is 928. The van der Waals surface area contributed by atoms with E-state index in [-0.39, 0.29) is 18.2 Å². The molecule has 2 aromatic carbocycles. The van der Waals surface area contributed by atoms with Crippen LogP contribution in [0.25, 0.3) is 0 Å². The van der Waals surface area contributed by atoms with Gasteiger partial charge in [0.05, 0.1) is 11.4 Å². The minimum atomic E-state index is -0.975. The molecule has 3 rings (SSSR count). The highest BCUT2D eigenvalue weighted by atomic mass is 32.2. The summed E-state index contributed by atoms with van der Waals surface area (Å²) >= 11 is 1.44. The third-order valence-corrected chi connectivity index (χ3v) is 5.47. The zero-order valence-corrected chi connectivity index (χ0v) is 16.8. The van der Waals surface area contributed by atoms with Gasteiger partial charge in [0.15, 0.2) is 6.10 Å². The molecule has 1 aliphatic rings. The molecular formula is C21H22N2O4S. The summed E-state index contributed by atoms with van der Waals surface area (Å²) in [4.78, 5) is 39.3. The number of esters is 1. The molecule has 0 fully saturated rings. The minimum absolute atomic E-state index is 0.159. The van der Waals surface area contributed by atoms with Crippen LogP contribution in [0.15, 0.2) is 47.4 Å². The molecule has 0 bridgehead atoms. The van der Waals surface area contributed by atoms with Gasteiger partial charge in [-0.15, -0.1) is 11.8 Å². The third-order valence-electron chi connectivity index (χ3n) is 4.42. The minimum Gasteiger partial charge on any atom is -0.451 e. The lowest BCUT2D eigenvalue weighted by Crippen LogP contribution is -2.41. The van der Waals surface area contributed by atoms with Gasteiger partial charge in [0.25, 0.3) is 5.91 Å². The van der Waals surface area contributed by atoms with Crippen LogP contribution in [-0.4, -0.2) is 36.2 Å². The van der Waals surface area contributed by atoms with Crippen molar-refractivity contribution in [3.63, 3.8) is 0 Å². The maximum Gasteiger partial charge on any atom is 0.326 e. The largest absolute Gasteiger partial charge is 0.451 e. The van der Waals surface area contributed by atoms with Crippen LogP contribution in [0, 0.1) is 13.8 Å². The van der Waals surface area contributed by atoms with Crippen LogP contribution in [0.4, 0.5) is 11.4 Å². The molecule has 28 heavy (non-hydrogen) atoms. The second kappa shape index (κ2) is 8.48. The molecule has 0 unspecified atom stereocenters. The summed E-state index contributed by atoms with van der Waals surface area (Å²) in [5.74, 6) is -0.928. The summed E-state index contributed by atoms with van der Waals surface area (Å²) < 4.78 is 5.27. The number of rotatable bonds is 5. The van der Waals surface area contributed by atoms with Crippen molar-refractivity contribution < 1.29 is 19.1 Å². The van der Waals surface area contributed by atoms with Crippen LogP contribution in [0.1, 0.15) is 18.1 Å². The number of benzene rings is 2. The topological polar surface area (TPSA) is 75.7 Å². The lowest BCUT2D eigenvalue weighted by Gasteiger charge is -2.28. The van der Waals surface area contributed by atoms with Gasteiger partial charge in [-0.05, 0) is 50.1 Å². The number of aryl methyl sites for hydroxylation is 2. The first-order valence-electron chi connectivity index (χ1n) is 8.95. The zero-order chi connectivity index (χ0) is 20.3. The molecule has 2 aromatic rings. The van der Waals surface area contributed by atoms with Crippen molar-refractivity contribution in [2.75, 3.05) is 22.5 Å². The van der Waals surface area contributed by atoms with E-state index in [9.17, 15) is 14.4 Å². The molecule has 1 atom stereocenters. The molecule has 7 heteroatoms. The maximum atomic E-state index is 12.4. The summed E-state index contributed by atoms with van der Waals surface area (Å²) in [6, 6.07) is 13.1. The van der Waals surface area contributed by atoms with Gasteiger partial charge in [0.2, 0.25) is 5.91 Å². The average Bonchev–Trinajstić information content (AvgIpc) is 2.67. The summed E-state index contributed by atoms with van der Waals surface area (Å²) in [7, 11) is 0. The SMILES string of the molecule is Cc1ccc(C)c(NC(=O)[C@@H](C)OC(=O)CN2C(=O)CSc3ccccc32)c1. The van der Waals surface area contributed by atoms with Crippen LogP contribution in [0.3, 0.4) is 0 Å². The van der Waals surface area contributed by atoms with Gasteiger partial charge in [0.1, 0.15) is 6.54 Å². The third kappa shape index (κ3) is 4.54. The van der Waals surface area contributed by atoms with Gasteiger partial charge in [-0.2, -0.15) is 0 Å². The van der Waals surface area contributed by atoms with Gasteiger partial charge in [-0.3, -0.25) is 19.3 Å². The highest BCUT2D eigenvalue weighted by Crippen LogP contribution is 2.34. The molecule has 0 aliphatic carbocycles. The van der Waals surface area contributed by atoms with Crippen molar-refractivity contribution in [2.24, 2.45) is 0 Å². The van der Waals surface area contributed by atoms with Crippen molar-refractivity contribution in [3.8, 4) is 0 Å². The predicted octanol–water partition coefficient (Wildman–Crippen LogP) is 3.31. The number of ether oxygens (including phenoxy) is 1. The molecule has 146 valence electrons. The van der Waals surface area contributed by atoms with E-state index in [1.54, 1.807) is 6.07 Å². The first-order valence-corrected chi connectivity index (χ1v) is 9.93. The van der Waals surface area contributed by atoms with E-state index < -0.39 is 18.0 Å². The molecule has 2 amide bonds. The van der Waals surface area contributed by atoms with Crippen molar-refractivity contribution >= 4 is 40.9 Å². The molecule has 1 aliphatic heterocycles. The fourth-order valence-corrected chi connectivity index (χ4v) is 3.78. The summed E-state index contributed by atoms with van der Waals surface area (Å²) in [6.07, 6.45) is -0.975. The number of para-hydroxylation sites is 1. The molecule has 0 radical (unpaired) electrons. The maximum absolute atomic E-state index is 12.4. The quantitative estimate of drug-likeness (QED) is 0.782. The van der Waals surface area contributed by atoms with Crippen molar-refractivity contribution in [1.82, 2.24) is 0 Å². The van der Waals surface area contributed by atoms with Crippen molar-refractivity contribution in [3.05, 3.63) is 53.6 Å². The van der Waals surface area contributed by atoms with E-state index >= 15 is 0 Å². The molecular weight excluding hydrogens is 376 g/mol. The Morgan fingerprint density at radius 2 is 1.96 bits per heavy atom. The summed E-state index contributed by atoms with van der Waals surface area (Å²) in [6.45, 7) is 5.12. The van der Waals surface area contributed by atoms with Gasteiger partial charge >= 0.3 is 5.97 Å². The summed E-state index contributed by atoms with van der Waals surface area (Å²) in [5, 5.41) is 2.78. The molecule has 0 saturated heterocycles. The lowest BCUT2D eigenvalue weighted by molar-refractivity contribution is -0.152. The lowest BCUT2D eigenvalue weighted by atomic mass is 10.1. The van der Waals surface area contributed by atoms with Gasteiger partial charge in [-0.25, -0.2) is 0 Å². The number of carbonyl (C=O) groups is 3. The smallest absolute Gasteiger partial charge is 0.326 e. The number of amides is 2. The molecule has 1 N–H and O–H groups in total. The Morgan fingerprint density at radius 1 is 1.21 bits per heavy atom. The van der Waals surface area contributed by atoms with Gasteiger partial charge in [0, 0.05) is 10.6 Å². The van der Waals surface area contributed by atoms with Crippen LogP contribution in [0.2, 0.25) is 0 Å². The predicted molar refractivity (Wildman–Crippen MR) is 110 cm³/mol. The van der Waals surface area contributed by atoms with Crippen LogP contribution >= 0.6 is 11.8 Å². The van der Waals surface area contributed by atoms with Gasteiger partial charge < -0.3 is 10.1 Å². The molecule has 0 saturated carbocycles. The van der Waals surface area contributed by atoms with Crippen LogP contribution in [0.5, 0.6) is 0 Å². The number of hydrogen-bond donors (Lipinski definition) is 1. The van der Waals surface area contributed by atoms with Crippen LogP contribution < -0.4 is 10.2 Å². The van der Waals surface area contributed by atoms with E-state index in [4.69, 9.17) is 4.74 Å². The highest BCUT2D eigenvalue weighted by Gasteiger charge is 2.28. The number of nitrogens with one attached hydrogen (secondary N) is 1. The number of carbonyl (C=O) groups excluding carboxylic acids is 3. The van der Waals surface area contributed by atoms with Crippen LogP contribution in [-0.2, 0) is 19.1 Å². The second-order valence-electron chi connectivity index (χ2n) is 6.68. The number of fused-ring (bicyclic) bond motifs is 1. The second-order valence-corrected chi connectivity index (χ2v) is 7.69. The van der Waals surface area contributed by atoms with E-state index in [1.807, 2.05) is 50.2 Å². The van der Waals surface area contributed by atoms with Crippen molar-refractivity contribution in [2.45, 2.75) is 31.8 Å². The Hall–Kier alpha value is -2.80. The number of thioether (sulfide) groups is 1. The molecule has 0 spiro atoms. The van der Waals surface area contributed by atoms with E-state index in [1.165, 1.54) is 23.6 Å². The monoisotopic (exact) mass is 398 g/mol. The standard InChI is InChI=1S/C21H22N2O4S/c1-13-8-9-14(2)16(10-13)22-21(26)15(3)27-20(25)11-23-17-6-4-5-7-18(17)28-12-19(23)24/h4-10,15H,11-12H2,1-3H3,(H,22,26)/t15-/m1/s1. The Labute approximate surface area is 168 Å². The first-order chi connectivity index (χ1) is 13.3. The van der Waals surface area contributed by atoms with E-state index in [0.717, 1.165) is 16.0 Å². The fourth-order valence-electron chi connectivity index (χ4n) is 2.85. The Morgan fingerprint density at radius 3 is 2.75 bits per heavy atom. The number of nitrogens with zero attached hydrogens (tertiary/aromatic N) is 1.